The summed E-state index contributed by atoms with van der Waals surface area (Å²) < 4.78 is 12.6. The first-order valence-corrected chi connectivity index (χ1v) is 6.11. The summed E-state index contributed by atoms with van der Waals surface area (Å²) >= 11 is 0. The summed E-state index contributed by atoms with van der Waals surface area (Å²) in [6.07, 6.45) is 2.73. The van der Waals surface area contributed by atoms with Crippen molar-refractivity contribution in [2.24, 2.45) is 7.05 Å². The number of fused-ring (bicyclic) bond motifs is 1. The van der Waals surface area contributed by atoms with E-state index >= 15 is 0 Å². The minimum atomic E-state index is -0.976. The van der Waals surface area contributed by atoms with Gasteiger partial charge in [-0.25, -0.2) is 4.79 Å². The van der Waals surface area contributed by atoms with Crippen molar-refractivity contribution < 1.29 is 19.4 Å². The highest BCUT2D eigenvalue weighted by molar-refractivity contribution is 5.98. The quantitative estimate of drug-likeness (QED) is 0.871. The van der Waals surface area contributed by atoms with Crippen LogP contribution in [0, 0.1) is 6.92 Å². The maximum absolute atomic E-state index is 10.7. The zero-order valence-electron chi connectivity index (χ0n) is 11.9. The molecule has 0 aliphatic heterocycles. The van der Waals surface area contributed by atoms with Crippen molar-refractivity contribution >= 4 is 22.9 Å². The number of methoxy groups -OCH3 is 2. The summed E-state index contributed by atoms with van der Waals surface area (Å²) in [5, 5.41) is 9.70. The van der Waals surface area contributed by atoms with Crippen LogP contribution in [0.1, 0.15) is 11.3 Å². The number of hydrogen-bond donors (Lipinski definition) is 1. The lowest BCUT2D eigenvalue weighted by Crippen LogP contribution is -1.94. The van der Waals surface area contributed by atoms with Gasteiger partial charge in [0.05, 0.1) is 19.7 Å². The van der Waals surface area contributed by atoms with Crippen LogP contribution in [-0.4, -0.2) is 29.9 Å². The second-order valence-electron chi connectivity index (χ2n) is 4.46. The Balaban J connectivity index is 2.81. The number of aryl methyl sites for hydroxylation is 1. The lowest BCUT2D eigenvalue weighted by molar-refractivity contribution is -0.131. The predicted molar refractivity (Wildman–Crippen MR) is 77.4 cm³/mol. The van der Waals surface area contributed by atoms with E-state index in [1.54, 1.807) is 20.3 Å². The van der Waals surface area contributed by atoms with Crippen LogP contribution in [0.15, 0.2) is 18.2 Å². The minimum absolute atomic E-state index is 0.671. The standard InChI is InChI=1S/C15H17NO4/c1-9-11(5-6-14(17)18)12-7-10(19-3)8-13(20-4)15(12)16(9)2/h5-8H,1-4H3,(H,17,18)/b6-5+. The third-order valence-corrected chi connectivity index (χ3v) is 3.42. The second-order valence-corrected chi connectivity index (χ2v) is 4.46. The van der Waals surface area contributed by atoms with E-state index in [2.05, 4.69) is 0 Å². The van der Waals surface area contributed by atoms with E-state index in [1.165, 1.54) is 0 Å². The Morgan fingerprint density at radius 3 is 2.55 bits per heavy atom. The van der Waals surface area contributed by atoms with Crippen molar-refractivity contribution in [2.45, 2.75) is 6.92 Å². The lowest BCUT2D eigenvalue weighted by Gasteiger charge is -2.08. The molecule has 0 radical (unpaired) electrons. The molecule has 2 rings (SSSR count). The molecule has 0 aliphatic rings. The first-order valence-electron chi connectivity index (χ1n) is 6.11. The Kier molecular flexibility index (Phi) is 3.70. The average molecular weight is 275 g/mol. The first kappa shape index (κ1) is 14.0. The average Bonchev–Trinajstić information content (AvgIpc) is 2.67. The van der Waals surface area contributed by atoms with Gasteiger partial charge < -0.3 is 19.1 Å². The van der Waals surface area contributed by atoms with Gasteiger partial charge in [-0.05, 0) is 19.1 Å². The number of ether oxygens (including phenoxy) is 2. The number of nitrogens with zero attached hydrogens (tertiary/aromatic N) is 1. The molecule has 2 aromatic rings. The SMILES string of the molecule is COc1cc(OC)c2c(c1)c(/C=C/C(=O)O)c(C)n2C. The Bertz CT molecular complexity index is 698. The molecule has 0 spiro atoms. The predicted octanol–water partition coefficient (Wildman–Crippen LogP) is 2.60. The summed E-state index contributed by atoms with van der Waals surface area (Å²) in [6, 6.07) is 3.69. The fourth-order valence-electron chi connectivity index (χ4n) is 2.32. The normalized spacial score (nSPS) is 11.2. The molecule has 1 aromatic heterocycles. The molecule has 0 aliphatic carbocycles. The van der Waals surface area contributed by atoms with E-state index in [-0.39, 0.29) is 0 Å². The molecule has 0 bridgehead atoms. The fourth-order valence-corrected chi connectivity index (χ4v) is 2.32. The van der Waals surface area contributed by atoms with Gasteiger partial charge in [0.2, 0.25) is 0 Å². The molecule has 0 atom stereocenters. The minimum Gasteiger partial charge on any atom is -0.497 e. The number of aliphatic carboxylic acids is 1. The van der Waals surface area contributed by atoms with Crippen LogP contribution in [-0.2, 0) is 11.8 Å². The number of benzene rings is 1. The van der Waals surface area contributed by atoms with Crippen molar-refractivity contribution in [3.05, 3.63) is 29.5 Å². The highest BCUT2D eigenvalue weighted by atomic mass is 16.5. The van der Waals surface area contributed by atoms with Gasteiger partial charge in [0.25, 0.3) is 0 Å². The summed E-state index contributed by atoms with van der Waals surface area (Å²) in [4.78, 5) is 10.7. The molecular formula is C15H17NO4. The van der Waals surface area contributed by atoms with Crippen molar-refractivity contribution in [1.29, 1.82) is 0 Å². The molecule has 0 amide bonds. The smallest absolute Gasteiger partial charge is 0.328 e. The van der Waals surface area contributed by atoms with E-state index in [1.807, 2.05) is 30.7 Å². The highest BCUT2D eigenvalue weighted by Gasteiger charge is 2.15. The van der Waals surface area contributed by atoms with Crippen LogP contribution in [0.2, 0.25) is 0 Å². The lowest BCUT2D eigenvalue weighted by atomic mass is 10.1. The Labute approximate surface area is 117 Å². The van der Waals surface area contributed by atoms with Gasteiger partial charge >= 0.3 is 5.97 Å². The topological polar surface area (TPSA) is 60.7 Å². The van der Waals surface area contributed by atoms with Crippen molar-refractivity contribution in [3.63, 3.8) is 0 Å². The van der Waals surface area contributed by atoms with Gasteiger partial charge in [-0.3, -0.25) is 0 Å². The van der Waals surface area contributed by atoms with Crippen LogP contribution in [0.3, 0.4) is 0 Å². The maximum atomic E-state index is 10.7. The molecule has 1 heterocycles. The van der Waals surface area contributed by atoms with Crippen LogP contribution < -0.4 is 9.47 Å². The number of rotatable bonds is 4. The molecule has 0 unspecified atom stereocenters. The largest absolute Gasteiger partial charge is 0.497 e. The molecule has 0 fully saturated rings. The molecule has 1 N–H and O–H groups in total. The summed E-state index contributed by atoms with van der Waals surface area (Å²) in [6.45, 7) is 1.94. The molecule has 1 aromatic carbocycles. The van der Waals surface area contributed by atoms with Gasteiger partial charge in [-0.2, -0.15) is 0 Å². The number of carboxylic acids is 1. The number of hydrogen-bond acceptors (Lipinski definition) is 3. The number of aromatic nitrogens is 1. The van der Waals surface area contributed by atoms with Crippen LogP contribution >= 0.6 is 0 Å². The number of carbonyl (C=O) groups is 1. The monoisotopic (exact) mass is 275 g/mol. The van der Waals surface area contributed by atoms with Crippen molar-refractivity contribution in [2.75, 3.05) is 14.2 Å². The molecule has 5 heteroatoms. The zero-order chi connectivity index (χ0) is 14.9. The summed E-state index contributed by atoms with van der Waals surface area (Å²) in [5.74, 6) is 0.390. The van der Waals surface area contributed by atoms with Crippen molar-refractivity contribution in [1.82, 2.24) is 4.57 Å². The Morgan fingerprint density at radius 1 is 1.30 bits per heavy atom. The molecule has 20 heavy (non-hydrogen) atoms. The molecule has 106 valence electrons. The van der Waals surface area contributed by atoms with Gasteiger partial charge in [-0.15, -0.1) is 0 Å². The Hall–Kier alpha value is -2.43. The van der Waals surface area contributed by atoms with Gasteiger partial charge in [0.15, 0.2) is 0 Å². The molecule has 0 saturated carbocycles. The maximum Gasteiger partial charge on any atom is 0.328 e. The third kappa shape index (κ3) is 2.22. The highest BCUT2D eigenvalue weighted by Crippen LogP contribution is 2.36. The van der Waals surface area contributed by atoms with E-state index in [4.69, 9.17) is 14.6 Å². The van der Waals surface area contributed by atoms with Crippen LogP contribution in [0.5, 0.6) is 11.5 Å². The van der Waals surface area contributed by atoms with Gasteiger partial charge in [0, 0.05) is 35.8 Å². The van der Waals surface area contributed by atoms with Gasteiger partial charge in [-0.1, -0.05) is 0 Å². The Morgan fingerprint density at radius 2 is 2.00 bits per heavy atom. The van der Waals surface area contributed by atoms with Crippen molar-refractivity contribution in [3.8, 4) is 11.5 Å². The molecule has 5 nitrogen and oxygen atoms in total. The van der Waals surface area contributed by atoms with Crippen LogP contribution in [0.4, 0.5) is 0 Å². The first-order chi connectivity index (χ1) is 9.49. The summed E-state index contributed by atoms with van der Waals surface area (Å²) in [7, 11) is 5.11. The van der Waals surface area contributed by atoms with Crippen LogP contribution in [0.25, 0.3) is 17.0 Å². The van der Waals surface area contributed by atoms with E-state index in [0.717, 1.165) is 28.2 Å². The van der Waals surface area contributed by atoms with E-state index in [0.29, 0.717) is 11.5 Å². The second kappa shape index (κ2) is 5.28. The molecule has 0 saturated heterocycles. The third-order valence-electron chi connectivity index (χ3n) is 3.42. The fraction of sp³-hybridized carbons (Fsp3) is 0.267. The number of carboxylic acid groups (broad SMARTS) is 1. The zero-order valence-corrected chi connectivity index (χ0v) is 11.9. The van der Waals surface area contributed by atoms with Gasteiger partial charge in [0.1, 0.15) is 11.5 Å². The summed E-state index contributed by atoms with van der Waals surface area (Å²) in [5.41, 5.74) is 2.72. The van der Waals surface area contributed by atoms with E-state index in [9.17, 15) is 4.79 Å². The molecular weight excluding hydrogens is 258 g/mol. The van der Waals surface area contributed by atoms with E-state index < -0.39 is 5.97 Å².